The Labute approximate surface area is 211 Å². The van der Waals surface area contributed by atoms with E-state index in [4.69, 9.17) is 4.74 Å². The second kappa shape index (κ2) is 9.01. The van der Waals surface area contributed by atoms with Crippen molar-refractivity contribution in [1.29, 1.82) is 0 Å². The molecule has 1 aliphatic carbocycles. The fraction of sp³-hybridized carbons (Fsp3) is 0.357. The fourth-order valence-electron chi connectivity index (χ4n) is 5.04. The van der Waals surface area contributed by atoms with Crippen molar-refractivity contribution in [2.45, 2.75) is 42.6 Å². The largest absolute Gasteiger partial charge is 0.486 e. The number of ether oxygens (including phenoxy) is 1. The summed E-state index contributed by atoms with van der Waals surface area (Å²) in [6.45, 7) is 3.42. The molecule has 36 heavy (non-hydrogen) atoms. The first-order valence-corrected chi connectivity index (χ1v) is 14.4. The maximum atomic E-state index is 12.0. The Hall–Kier alpha value is -3.23. The Bertz CT molecular complexity index is 1500. The Kier molecular flexibility index (Phi) is 5.80. The molecule has 2 aromatic heterocycles. The van der Waals surface area contributed by atoms with E-state index < -0.39 is 9.84 Å². The summed E-state index contributed by atoms with van der Waals surface area (Å²) < 4.78 is 32.1. The number of hydrogen-bond donors (Lipinski definition) is 0. The molecule has 6 rings (SSSR count). The van der Waals surface area contributed by atoms with Gasteiger partial charge in [-0.3, -0.25) is 4.90 Å². The molecule has 1 aliphatic heterocycles. The van der Waals surface area contributed by atoms with Crippen LogP contribution in [0.25, 0.3) is 27.9 Å². The molecule has 4 aromatic rings. The van der Waals surface area contributed by atoms with Crippen LogP contribution in [-0.4, -0.2) is 59.4 Å². The van der Waals surface area contributed by atoms with Crippen molar-refractivity contribution in [3.05, 3.63) is 67.1 Å². The van der Waals surface area contributed by atoms with Gasteiger partial charge < -0.3 is 4.74 Å². The lowest BCUT2D eigenvalue weighted by atomic mass is 10.1. The van der Waals surface area contributed by atoms with Crippen LogP contribution >= 0.6 is 0 Å². The monoisotopic (exact) mass is 502 g/mol. The minimum absolute atomic E-state index is 0.0147. The Morgan fingerprint density at radius 1 is 0.944 bits per heavy atom. The van der Waals surface area contributed by atoms with Gasteiger partial charge in [0.1, 0.15) is 11.4 Å². The summed E-state index contributed by atoms with van der Waals surface area (Å²) in [6, 6.07) is 15.1. The quantitative estimate of drug-likeness (QED) is 0.359. The fourth-order valence-corrected chi connectivity index (χ4v) is 5.71. The average Bonchev–Trinajstić information content (AvgIpc) is 3.49. The number of aromatic nitrogens is 3. The molecular weight excluding hydrogens is 472 g/mol. The van der Waals surface area contributed by atoms with Crippen LogP contribution in [0.15, 0.2) is 72.0 Å². The third-order valence-electron chi connectivity index (χ3n) is 7.22. The van der Waals surface area contributed by atoms with Gasteiger partial charge in [0.05, 0.1) is 11.1 Å². The molecule has 1 saturated heterocycles. The van der Waals surface area contributed by atoms with E-state index in [1.807, 2.05) is 30.6 Å². The first-order valence-electron chi connectivity index (χ1n) is 12.5. The zero-order valence-corrected chi connectivity index (χ0v) is 21.2. The Morgan fingerprint density at radius 3 is 2.44 bits per heavy atom. The molecule has 0 amide bonds. The van der Waals surface area contributed by atoms with Crippen LogP contribution in [0.4, 0.5) is 0 Å². The molecule has 0 radical (unpaired) electrons. The van der Waals surface area contributed by atoms with Crippen molar-refractivity contribution < 1.29 is 13.2 Å². The molecule has 0 bridgehead atoms. The predicted molar refractivity (Wildman–Crippen MR) is 140 cm³/mol. The highest BCUT2D eigenvalue weighted by molar-refractivity contribution is 7.90. The molecule has 8 heteroatoms. The van der Waals surface area contributed by atoms with E-state index >= 15 is 0 Å². The number of benzene rings is 2. The number of rotatable bonds is 7. The molecule has 0 N–H and O–H groups in total. The maximum Gasteiger partial charge on any atom is 0.175 e. The number of piperidine rings is 1. The smallest absolute Gasteiger partial charge is 0.175 e. The topological polar surface area (TPSA) is 76.8 Å². The lowest BCUT2D eigenvalue weighted by Crippen LogP contribution is -2.40. The summed E-state index contributed by atoms with van der Waals surface area (Å²) in [4.78, 5) is 7.49. The van der Waals surface area contributed by atoms with Crippen LogP contribution in [0.1, 0.15) is 32.1 Å². The lowest BCUT2D eigenvalue weighted by Gasteiger charge is -2.30. The second-order valence-electron chi connectivity index (χ2n) is 10.1. The standard InChI is InChI=1S/C28H30N4O3S/c1-36(33,34)25-7-5-6-22(16-25)26-18-30-32-19-23(17-29-27(26)32)21-8-10-24(11-9-21)35-28(12-13-28)20-31-14-3-2-4-15-31/h5-11,16-19H,2-4,12-15,20H2,1H3. The van der Waals surface area contributed by atoms with Gasteiger partial charge in [-0.25, -0.2) is 17.9 Å². The lowest BCUT2D eigenvalue weighted by molar-refractivity contribution is 0.101. The van der Waals surface area contributed by atoms with Crippen LogP contribution in [0.2, 0.25) is 0 Å². The molecule has 0 spiro atoms. The van der Waals surface area contributed by atoms with Gasteiger partial charge in [0.2, 0.25) is 0 Å². The van der Waals surface area contributed by atoms with E-state index in [2.05, 4.69) is 27.1 Å². The van der Waals surface area contributed by atoms with Gasteiger partial charge in [-0.15, -0.1) is 0 Å². The van der Waals surface area contributed by atoms with Gasteiger partial charge in [0, 0.05) is 36.3 Å². The first kappa shape index (κ1) is 23.2. The van der Waals surface area contributed by atoms with E-state index in [1.54, 1.807) is 28.9 Å². The van der Waals surface area contributed by atoms with Gasteiger partial charge in [-0.05, 0) is 74.2 Å². The van der Waals surface area contributed by atoms with Gasteiger partial charge >= 0.3 is 0 Å². The minimum atomic E-state index is -3.29. The Balaban J connectivity index is 1.20. The van der Waals surface area contributed by atoms with E-state index in [9.17, 15) is 8.42 Å². The summed E-state index contributed by atoms with van der Waals surface area (Å²) in [7, 11) is -3.29. The molecule has 3 heterocycles. The highest BCUT2D eigenvalue weighted by Crippen LogP contribution is 2.41. The number of likely N-dealkylation sites (tertiary alicyclic amines) is 1. The first-order chi connectivity index (χ1) is 17.4. The molecule has 1 saturated carbocycles. The van der Waals surface area contributed by atoms with Crippen molar-refractivity contribution >= 4 is 15.5 Å². The zero-order chi connectivity index (χ0) is 24.8. The predicted octanol–water partition coefficient (Wildman–Crippen LogP) is 4.86. The summed E-state index contributed by atoms with van der Waals surface area (Å²) in [5, 5.41) is 4.48. The van der Waals surface area contributed by atoms with Crippen LogP contribution in [0, 0.1) is 0 Å². The number of nitrogens with zero attached hydrogens (tertiary/aromatic N) is 4. The number of sulfone groups is 1. The second-order valence-corrected chi connectivity index (χ2v) is 12.1. The summed E-state index contributed by atoms with van der Waals surface area (Å²) in [6.07, 6.45) is 12.9. The van der Waals surface area contributed by atoms with E-state index in [-0.39, 0.29) is 10.5 Å². The molecule has 2 aliphatic rings. The third kappa shape index (κ3) is 4.75. The van der Waals surface area contributed by atoms with Gasteiger partial charge in [0.25, 0.3) is 0 Å². The average molecular weight is 503 g/mol. The highest BCUT2D eigenvalue weighted by Gasteiger charge is 2.46. The van der Waals surface area contributed by atoms with E-state index in [0.717, 1.165) is 47.4 Å². The molecule has 2 aromatic carbocycles. The molecule has 7 nitrogen and oxygen atoms in total. The van der Waals surface area contributed by atoms with Crippen molar-refractivity contribution in [2.75, 3.05) is 25.9 Å². The van der Waals surface area contributed by atoms with Crippen LogP contribution in [-0.2, 0) is 9.84 Å². The van der Waals surface area contributed by atoms with Crippen molar-refractivity contribution in [2.24, 2.45) is 0 Å². The van der Waals surface area contributed by atoms with E-state index in [0.29, 0.717) is 5.65 Å². The van der Waals surface area contributed by atoms with Crippen LogP contribution < -0.4 is 4.74 Å². The molecule has 0 atom stereocenters. The van der Waals surface area contributed by atoms with Crippen molar-refractivity contribution in [3.8, 4) is 28.0 Å². The number of hydrogen-bond acceptors (Lipinski definition) is 6. The van der Waals surface area contributed by atoms with E-state index in [1.165, 1.54) is 38.6 Å². The van der Waals surface area contributed by atoms with Gasteiger partial charge in [-0.2, -0.15) is 5.10 Å². The van der Waals surface area contributed by atoms with Crippen molar-refractivity contribution in [1.82, 2.24) is 19.5 Å². The minimum Gasteiger partial charge on any atom is -0.486 e. The van der Waals surface area contributed by atoms with Crippen molar-refractivity contribution in [3.63, 3.8) is 0 Å². The van der Waals surface area contributed by atoms with Crippen LogP contribution in [0.5, 0.6) is 5.75 Å². The van der Waals surface area contributed by atoms with Crippen LogP contribution in [0.3, 0.4) is 0 Å². The third-order valence-corrected chi connectivity index (χ3v) is 8.33. The summed E-state index contributed by atoms with van der Waals surface area (Å²) >= 11 is 0. The molecule has 186 valence electrons. The molecule has 0 unspecified atom stereocenters. The molecule has 2 fully saturated rings. The normalized spacial score (nSPS) is 17.8. The Morgan fingerprint density at radius 2 is 1.72 bits per heavy atom. The SMILES string of the molecule is CS(=O)(=O)c1cccc(-c2cnn3cc(-c4ccc(OC5(CN6CCCCC6)CC5)cc4)cnc23)c1. The van der Waals surface area contributed by atoms with Gasteiger partial charge in [0.15, 0.2) is 15.5 Å². The maximum absolute atomic E-state index is 12.0. The molecular formula is C28H30N4O3S. The summed E-state index contributed by atoms with van der Waals surface area (Å²) in [5.74, 6) is 0.912. The highest BCUT2D eigenvalue weighted by atomic mass is 32.2. The zero-order valence-electron chi connectivity index (χ0n) is 20.4. The van der Waals surface area contributed by atoms with Gasteiger partial charge in [-0.1, -0.05) is 30.7 Å². The summed E-state index contributed by atoms with van der Waals surface area (Å²) in [5.41, 5.74) is 4.21. The number of fused-ring (bicyclic) bond motifs is 1.